The van der Waals surface area contributed by atoms with Gasteiger partial charge >= 0.3 is 0 Å². The van der Waals surface area contributed by atoms with Crippen molar-refractivity contribution in [2.45, 2.75) is 31.1 Å². The van der Waals surface area contributed by atoms with Crippen LogP contribution < -0.4 is 10.5 Å². The van der Waals surface area contributed by atoms with E-state index in [1.165, 1.54) is 11.0 Å². The molecule has 2 heterocycles. The van der Waals surface area contributed by atoms with Crippen LogP contribution in [0.2, 0.25) is 0 Å². The zero-order chi connectivity index (χ0) is 15.9. The summed E-state index contributed by atoms with van der Waals surface area (Å²) in [5.41, 5.74) is 0.922. The number of rotatable bonds is 2. The molecular weight excluding hydrogens is 302 g/mol. The van der Waals surface area contributed by atoms with Crippen molar-refractivity contribution in [1.29, 1.82) is 0 Å². The van der Waals surface area contributed by atoms with Crippen molar-refractivity contribution >= 4 is 27.9 Å². The van der Waals surface area contributed by atoms with E-state index in [9.17, 15) is 13.6 Å². The number of benzene rings is 1. The average Bonchev–Trinajstić information content (AvgIpc) is 2.51. The Bertz CT molecular complexity index is 810. The van der Waals surface area contributed by atoms with Crippen LogP contribution in [0.25, 0.3) is 10.9 Å². The smallest absolute Gasteiger partial charge is 0.262 e. The monoisotopic (exact) mass is 321 g/mol. The first-order valence-electron chi connectivity index (χ1n) is 7.36. The van der Waals surface area contributed by atoms with Crippen molar-refractivity contribution in [3.8, 4) is 0 Å². The Hall–Kier alpha value is -1.73. The summed E-state index contributed by atoms with van der Waals surface area (Å²) in [6.45, 7) is 3.51. The molecule has 6 nitrogen and oxygen atoms in total. The van der Waals surface area contributed by atoms with E-state index in [0.717, 1.165) is 31.5 Å². The highest BCUT2D eigenvalue weighted by atomic mass is 32.2. The summed E-state index contributed by atoms with van der Waals surface area (Å²) in [7, 11) is 1.70. The largest absolute Gasteiger partial charge is 0.342 e. The summed E-state index contributed by atoms with van der Waals surface area (Å²) in [6.07, 6.45) is 3.32. The Morgan fingerprint density at radius 2 is 1.91 bits per heavy atom. The predicted octanol–water partition coefficient (Wildman–Crippen LogP) is 1.81. The van der Waals surface area contributed by atoms with Gasteiger partial charge in [-0.2, -0.15) is 0 Å². The lowest BCUT2D eigenvalue weighted by atomic mass is 10.1. The summed E-state index contributed by atoms with van der Waals surface area (Å²) in [6, 6.07) is 3.34. The second kappa shape index (κ2) is 5.81. The molecule has 0 saturated carbocycles. The van der Waals surface area contributed by atoms with Gasteiger partial charge < -0.3 is 9.45 Å². The van der Waals surface area contributed by atoms with Gasteiger partial charge in [-0.25, -0.2) is 9.19 Å². The van der Waals surface area contributed by atoms with Crippen LogP contribution in [0, 0.1) is 6.92 Å². The molecule has 1 atom stereocenters. The van der Waals surface area contributed by atoms with E-state index in [2.05, 4.69) is 9.88 Å². The van der Waals surface area contributed by atoms with Crippen LogP contribution in [0.4, 0.5) is 5.95 Å². The highest BCUT2D eigenvalue weighted by molar-refractivity contribution is 7.79. The summed E-state index contributed by atoms with van der Waals surface area (Å²) >= 11 is -2.17. The Labute approximate surface area is 131 Å². The zero-order valence-corrected chi connectivity index (χ0v) is 13.5. The third-order valence-corrected chi connectivity index (χ3v) is 4.78. The number of fused-ring (bicyclic) bond motifs is 1. The molecule has 1 unspecified atom stereocenters. The van der Waals surface area contributed by atoms with Crippen molar-refractivity contribution in [1.82, 2.24) is 9.55 Å². The molecule has 1 saturated heterocycles. The molecule has 2 aromatic rings. The number of nitrogens with zero attached hydrogens (tertiary/aromatic N) is 3. The maximum Gasteiger partial charge on any atom is 0.262 e. The average molecular weight is 321 g/mol. The topological polar surface area (TPSA) is 75.4 Å². The second-order valence-electron chi connectivity index (χ2n) is 5.73. The number of hydrogen-bond donors (Lipinski definition) is 1. The van der Waals surface area contributed by atoms with Crippen LogP contribution in [-0.4, -0.2) is 31.4 Å². The molecule has 1 aliphatic rings. The fourth-order valence-electron chi connectivity index (χ4n) is 2.98. The first-order valence-corrected chi connectivity index (χ1v) is 8.47. The summed E-state index contributed by atoms with van der Waals surface area (Å²) in [4.78, 5) is 19.5. The van der Waals surface area contributed by atoms with Crippen molar-refractivity contribution in [2.75, 3.05) is 18.0 Å². The van der Waals surface area contributed by atoms with Gasteiger partial charge in [0.2, 0.25) is 5.95 Å². The van der Waals surface area contributed by atoms with Gasteiger partial charge in [-0.05, 0) is 43.9 Å². The lowest BCUT2D eigenvalue weighted by Crippen LogP contribution is -2.35. The van der Waals surface area contributed by atoms with Gasteiger partial charge in [-0.15, -0.1) is 0 Å². The minimum Gasteiger partial charge on any atom is -0.342 e. The maximum absolute atomic E-state index is 12.6. The van der Waals surface area contributed by atoms with E-state index in [4.69, 9.17) is 0 Å². The molecule has 1 fully saturated rings. The van der Waals surface area contributed by atoms with E-state index in [0.29, 0.717) is 16.9 Å². The van der Waals surface area contributed by atoms with Gasteiger partial charge in [0.25, 0.3) is 5.56 Å². The standard InChI is InChI=1S/C15H19N3O3S/c1-10-8-11-13(12(9-10)22(20)21)16-15(17(2)14(11)19)18-6-4-3-5-7-18/h8-9H,3-7H2,1-2H3,(H,20,21). The molecule has 1 N–H and O–H groups in total. The zero-order valence-electron chi connectivity index (χ0n) is 12.7. The number of piperidine rings is 1. The van der Waals surface area contributed by atoms with E-state index >= 15 is 0 Å². The van der Waals surface area contributed by atoms with Crippen molar-refractivity contribution in [2.24, 2.45) is 7.05 Å². The molecule has 0 amide bonds. The molecule has 1 aromatic heterocycles. The van der Waals surface area contributed by atoms with Crippen LogP contribution in [0.5, 0.6) is 0 Å². The summed E-state index contributed by atoms with van der Waals surface area (Å²) in [5.74, 6) is 0.577. The fourth-order valence-corrected chi connectivity index (χ4v) is 3.59. The minimum absolute atomic E-state index is 0.180. The van der Waals surface area contributed by atoms with Gasteiger partial charge in [-0.1, -0.05) is 0 Å². The highest BCUT2D eigenvalue weighted by Gasteiger charge is 2.20. The van der Waals surface area contributed by atoms with Crippen LogP contribution in [0.15, 0.2) is 21.8 Å². The van der Waals surface area contributed by atoms with Crippen LogP contribution >= 0.6 is 0 Å². The van der Waals surface area contributed by atoms with Crippen molar-refractivity contribution in [3.05, 3.63) is 28.0 Å². The quantitative estimate of drug-likeness (QED) is 0.854. The van der Waals surface area contributed by atoms with Crippen LogP contribution in [0.3, 0.4) is 0 Å². The van der Waals surface area contributed by atoms with E-state index in [1.54, 1.807) is 26.1 Å². The molecule has 0 aliphatic carbocycles. The lowest BCUT2D eigenvalue weighted by Gasteiger charge is -2.29. The van der Waals surface area contributed by atoms with Gasteiger partial charge in [-0.3, -0.25) is 9.36 Å². The second-order valence-corrected chi connectivity index (χ2v) is 6.67. The van der Waals surface area contributed by atoms with Gasteiger partial charge in [0, 0.05) is 20.1 Å². The number of aryl methyl sites for hydroxylation is 1. The molecule has 0 bridgehead atoms. The molecule has 1 aromatic carbocycles. The Morgan fingerprint density at radius 3 is 2.55 bits per heavy atom. The van der Waals surface area contributed by atoms with E-state index in [-0.39, 0.29) is 10.5 Å². The number of anilines is 1. The number of hydrogen-bond acceptors (Lipinski definition) is 4. The molecule has 7 heteroatoms. The number of aromatic nitrogens is 2. The molecule has 0 radical (unpaired) electrons. The summed E-state index contributed by atoms with van der Waals surface area (Å²) in [5, 5.41) is 0.389. The van der Waals surface area contributed by atoms with Gasteiger partial charge in [0.1, 0.15) is 0 Å². The van der Waals surface area contributed by atoms with E-state index in [1.807, 2.05) is 0 Å². The highest BCUT2D eigenvalue weighted by Crippen LogP contribution is 2.23. The lowest BCUT2D eigenvalue weighted by molar-refractivity contribution is 0.557. The Kier molecular flexibility index (Phi) is 4.01. The molecule has 118 valence electrons. The van der Waals surface area contributed by atoms with Crippen molar-refractivity contribution < 1.29 is 8.76 Å². The summed E-state index contributed by atoms with van der Waals surface area (Å²) < 4.78 is 22.7. The minimum atomic E-state index is -2.17. The van der Waals surface area contributed by atoms with Crippen LogP contribution in [0.1, 0.15) is 24.8 Å². The third-order valence-electron chi connectivity index (χ3n) is 4.09. The Balaban J connectivity index is 2.29. The Morgan fingerprint density at radius 1 is 1.23 bits per heavy atom. The molecule has 0 spiro atoms. The first-order chi connectivity index (χ1) is 10.5. The van der Waals surface area contributed by atoms with Gasteiger partial charge in [0.15, 0.2) is 11.1 Å². The maximum atomic E-state index is 12.6. The SMILES string of the molecule is Cc1cc(S(=O)O)c2nc(N3CCCCC3)n(C)c(=O)c2c1. The molecular formula is C15H19N3O3S. The molecule has 22 heavy (non-hydrogen) atoms. The normalized spacial score (nSPS) is 17.0. The van der Waals surface area contributed by atoms with Crippen molar-refractivity contribution in [3.63, 3.8) is 0 Å². The third kappa shape index (κ3) is 2.55. The predicted molar refractivity (Wildman–Crippen MR) is 86.8 cm³/mol. The fraction of sp³-hybridized carbons (Fsp3) is 0.467. The first kappa shape index (κ1) is 15.2. The molecule has 3 rings (SSSR count). The van der Waals surface area contributed by atoms with Crippen LogP contribution in [-0.2, 0) is 18.1 Å². The van der Waals surface area contributed by atoms with E-state index < -0.39 is 11.1 Å². The molecule has 1 aliphatic heterocycles. The van der Waals surface area contributed by atoms with Gasteiger partial charge in [0.05, 0.1) is 15.8 Å².